The van der Waals surface area contributed by atoms with Crippen LogP contribution in [-0.2, 0) is 0 Å². The van der Waals surface area contributed by atoms with Crippen molar-refractivity contribution in [3.05, 3.63) is 29.8 Å². The van der Waals surface area contributed by atoms with Gasteiger partial charge in [0.2, 0.25) is 0 Å². The lowest BCUT2D eigenvalue weighted by Crippen LogP contribution is -2.34. The Morgan fingerprint density at radius 2 is 1.82 bits per heavy atom. The van der Waals surface area contributed by atoms with E-state index in [0.717, 1.165) is 25.5 Å². The third-order valence-corrected chi connectivity index (χ3v) is 2.42. The molecule has 0 heterocycles. The molecule has 0 amide bonds. The minimum Gasteiger partial charge on any atom is -0.492 e. The Labute approximate surface area is 101 Å². The minimum atomic E-state index is -0.615. The molecule has 1 atom stereocenters. The zero-order valence-electron chi connectivity index (χ0n) is 10.3. The number of hydrogen-bond acceptors (Lipinski definition) is 2. The predicted octanol–water partition coefficient (Wildman–Crippen LogP) is 3.12. The first-order chi connectivity index (χ1) is 8.15. The Kier molecular flexibility index (Phi) is 5.91. The molecule has 1 N–H and O–H groups in total. The average molecular weight is 243 g/mol. The van der Waals surface area contributed by atoms with Gasteiger partial charge in [-0.15, -0.1) is 0 Å². The molecule has 0 spiro atoms. The molecule has 0 aromatic heterocycles. The van der Waals surface area contributed by atoms with Crippen LogP contribution >= 0.6 is 0 Å². The summed E-state index contributed by atoms with van der Waals surface area (Å²) in [5.74, 6) is -0.993. The van der Waals surface area contributed by atoms with E-state index in [-0.39, 0.29) is 11.8 Å². The molecule has 2 nitrogen and oxygen atoms in total. The van der Waals surface area contributed by atoms with Crippen molar-refractivity contribution in [3.8, 4) is 5.75 Å². The van der Waals surface area contributed by atoms with E-state index < -0.39 is 11.6 Å². The number of rotatable bonds is 7. The molecule has 1 rings (SSSR count). The van der Waals surface area contributed by atoms with Crippen molar-refractivity contribution in [1.29, 1.82) is 0 Å². The lowest BCUT2D eigenvalue weighted by atomic mass is 10.2. The number of nitrogens with one attached hydrogen (secondary N) is 1. The topological polar surface area (TPSA) is 21.3 Å². The lowest BCUT2D eigenvalue weighted by molar-refractivity contribution is 0.255. The summed E-state index contributed by atoms with van der Waals surface area (Å²) in [4.78, 5) is 0. The minimum absolute atomic E-state index is 0.219. The predicted molar refractivity (Wildman–Crippen MR) is 64.2 cm³/mol. The molecule has 0 saturated heterocycles. The normalized spacial score (nSPS) is 12.5. The van der Waals surface area contributed by atoms with Crippen LogP contribution in [0, 0.1) is 11.6 Å². The van der Waals surface area contributed by atoms with Gasteiger partial charge in [0.05, 0.1) is 0 Å². The van der Waals surface area contributed by atoms with Crippen molar-refractivity contribution in [2.24, 2.45) is 0 Å². The third kappa shape index (κ3) is 5.13. The number of halogens is 2. The molecule has 0 saturated carbocycles. The molecular weight excluding hydrogens is 224 g/mol. The largest absolute Gasteiger partial charge is 0.492 e. The first-order valence-corrected chi connectivity index (χ1v) is 5.98. The molecule has 0 radical (unpaired) electrons. The molecule has 1 aromatic rings. The second kappa shape index (κ2) is 7.22. The van der Waals surface area contributed by atoms with Crippen molar-refractivity contribution < 1.29 is 13.5 Å². The number of likely N-dealkylation sites (N-methyl/N-ethyl adjacent to an activating group) is 1. The second-order valence-electron chi connectivity index (χ2n) is 3.96. The van der Waals surface area contributed by atoms with Gasteiger partial charge in [-0.3, -0.25) is 0 Å². The van der Waals surface area contributed by atoms with E-state index >= 15 is 0 Å². The third-order valence-electron chi connectivity index (χ3n) is 2.42. The van der Waals surface area contributed by atoms with Crippen LogP contribution in [0.5, 0.6) is 5.75 Å². The fourth-order valence-electron chi connectivity index (χ4n) is 1.69. The van der Waals surface area contributed by atoms with Gasteiger partial charge >= 0.3 is 0 Å². The van der Waals surface area contributed by atoms with Gasteiger partial charge in [0.25, 0.3) is 0 Å². The SMILES string of the molecule is CCCC(COc1cc(F)cc(F)c1)NCC. The van der Waals surface area contributed by atoms with E-state index in [1.54, 1.807) is 0 Å². The van der Waals surface area contributed by atoms with Crippen molar-refractivity contribution in [1.82, 2.24) is 5.32 Å². The average Bonchev–Trinajstić information content (AvgIpc) is 2.25. The highest BCUT2D eigenvalue weighted by molar-refractivity contribution is 5.23. The van der Waals surface area contributed by atoms with E-state index in [4.69, 9.17) is 4.74 Å². The zero-order valence-corrected chi connectivity index (χ0v) is 10.3. The highest BCUT2D eigenvalue weighted by Gasteiger charge is 2.08. The fraction of sp³-hybridized carbons (Fsp3) is 0.538. The molecule has 4 heteroatoms. The molecule has 0 aliphatic rings. The molecular formula is C13H19F2NO. The second-order valence-corrected chi connectivity index (χ2v) is 3.96. The molecule has 0 bridgehead atoms. The number of ether oxygens (including phenoxy) is 1. The standard InChI is InChI=1S/C13H19F2NO/c1-3-5-12(16-4-2)9-17-13-7-10(14)6-11(15)8-13/h6-8,12,16H,3-5,9H2,1-2H3. The highest BCUT2D eigenvalue weighted by Crippen LogP contribution is 2.15. The van der Waals surface area contributed by atoms with Crippen molar-refractivity contribution in [2.45, 2.75) is 32.7 Å². The Balaban J connectivity index is 2.52. The van der Waals surface area contributed by atoms with Gasteiger partial charge in [-0.25, -0.2) is 8.78 Å². The maximum absolute atomic E-state index is 12.9. The van der Waals surface area contributed by atoms with Gasteiger partial charge in [0, 0.05) is 24.2 Å². The molecule has 0 aliphatic carbocycles. The van der Waals surface area contributed by atoms with Crippen LogP contribution in [0.15, 0.2) is 18.2 Å². The van der Waals surface area contributed by atoms with Crippen molar-refractivity contribution in [2.75, 3.05) is 13.2 Å². The van der Waals surface area contributed by atoms with Crippen LogP contribution in [0.25, 0.3) is 0 Å². The van der Waals surface area contributed by atoms with E-state index in [1.807, 2.05) is 6.92 Å². The first kappa shape index (κ1) is 13.9. The molecule has 17 heavy (non-hydrogen) atoms. The van der Waals surface area contributed by atoms with Gasteiger partial charge in [-0.1, -0.05) is 20.3 Å². The van der Waals surface area contributed by atoms with E-state index in [2.05, 4.69) is 12.2 Å². The maximum atomic E-state index is 12.9. The molecule has 0 aliphatic heterocycles. The van der Waals surface area contributed by atoms with Crippen LogP contribution in [0.2, 0.25) is 0 Å². The van der Waals surface area contributed by atoms with E-state index in [1.165, 1.54) is 12.1 Å². The summed E-state index contributed by atoms with van der Waals surface area (Å²) in [7, 11) is 0. The van der Waals surface area contributed by atoms with Crippen LogP contribution in [0.1, 0.15) is 26.7 Å². The van der Waals surface area contributed by atoms with Gasteiger partial charge < -0.3 is 10.1 Å². The summed E-state index contributed by atoms with van der Waals surface area (Å²) in [5.41, 5.74) is 0. The summed E-state index contributed by atoms with van der Waals surface area (Å²) in [6.07, 6.45) is 2.02. The summed E-state index contributed by atoms with van der Waals surface area (Å²) >= 11 is 0. The lowest BCUT2D eigenvalue weighted by Gasteiger charge is -2.17. The maximum Gasteiger partial charge on any atom is 0.129 e. The smallest absolute Gasteiger partial charge is 0.129 e. The van der Waals surface area contributed by atoms with Crippen LogP contribution in [0.3, 0.4) is 0 Å². The van der Waals surface area contributed by atoms with Gasteiger partial charge in [0.15, 0.2) is 0 Å². The monoisotopic (exact) mass is 243 g/mol. The molecule has 0 fully saturated rings. The highest BCUT2D eigenvalue weighted by atomic mass is 19.1. The summed E-state index contributed by atoms with van der Waals surface area (Å²) in [6.45, 7) is 5.38. The Morgan fingerprint density at radius 1 is 1.18 bits per heavy atom. The Bertz CT molecular complexity index is 318. The quantitative estimate of drug-likeness (QED) is 0.794. The summed E-state index contributed by atoms with van der Waals surface area (Å²) in [5, 5.41) is 3.27. The Morgan fingerprint density at radius 3 is 2.35 bits per heavy atom. The molecule has 1 aromatic carbocycles. The number of hydrogen-bond donors (Lipinski definition) is 1. The van der Waals surface area contributed by atoms with Gasteiger partial charge in [-0.05, 0) is 13.0 Å². The van der Waals surface area contributed by atoms with Gasteiger partial charge in [-0.2, -0.15) is 0 Å². The van der Waals surface area contributed by atoms with Gasteiger partial charge in [0.1, 0.15) is 24.0 Å². The van der Waals surface area contributed by atoms with Crippen LogP contribution in [-0.4, -0.2) is 19.2 Å². The fourth-order valence-corrected chi connectivity index (χ4v) is 1.69. The van der Waals surface area contributed by atoms with E-state index in [0.29, 0.717) is 6.61 Å². The molecule has 96 valence electrons. The van der Waals surface area contributed by atoms with Crippen LogP contribution < -0.4 is 10.1 Å². The summed E-state index contributed by atoms with van der Waals surface area (Å²) in [6, 6.07) is 3.44. The van der Waals surface area contributed by atoms with Crippen molar-refractivity contribution >= 4 is 0 Å². The Hall–Kier alpha value is -1.16. The molecule has 1 unspecified atom stereocenters. The van der Waals surface area contributed by atoms with Crippen LogP contribution in [0.4, 0.5) is 8.78 Å². The van der Waals surface area contributed by atoms with E-state index in [9.17, 15) is 8.78 Å². The number of benzene rings is 1. The van der Waals surface area contributed by atoms with Crippen molar-refractivity contribution in [3.63, 3.8) is 0 Å². The summed E-state index contributed by atoms with van der Waals surface area (Å²) < 4.78 is 31.2. The first-order valence-electron chi connectivity index (χ1n) is 5.98. The zero-order chi connectivity index (χ0) is 12.7.